The second-order valence-electron chi connectivity index (χ2n) is 7.39. The number of halogens is 1. The molecule has 0 saturated heterocycles. The molecule has 0 radical (unpaired) electrons. The van der Waals surface area contributed by atoms with Crippen LogP contribution in [0.2, 0.25) is 0 Å². The average molecular weight is 349 g/mol. The molecule has 1 aliphatic carbocycles. The molecule has 0 saturated carbocycles. The van der Waals surface area contributed by atoms with Gasteiger partial charge in [0.15, 0.2) is 11.6 Å². The second kappa shape index (κ2) is 5.83. The van der Waals surface area contributed by atoms with Gasteiger partial charge in [0.1, 0.15) is 5.60 Å². The maximum absolute atomic E-state index is 14.3. The highest BCUT2D eigenvalue weighted by atomic mass is 32.1. The van der Waals surface area contributed by atoms with E-state index in [0.717, 1.165) is 17.0 Å². The second-order valence-corrected chi connectivity index (χ2v) is 8.56. The number of hydrogen-bond acceptors (Lipinski definition) is 4. The fourth-order valence-electron chi connectivity index (χ4n) is 3.71. The lowest BCUT2D eigenvalue weighted by Crippen LogP contribution is -2.39. The molecule has 1 aromatic heterocycles. The van der Waals surface area contributed by atoms with Gasteiger partial charge in [0, 0.05) is 27.3 Å². The molecule has 0 amide bonds. The summed E-state index contributed by atoms with van der Waals surface area (Å²) >= 11 is 1.58. The van der Waals surface area contributed by atoms with Crippen LogP contribution >= 0.6 is 11.3 Å². The summed E-state index contributed by atoms with van der Waals surface area (Å²) < 4.78 is 19.6. The Hall–Kier alpha value is -1.43. The Labute approximate surface area is 146 Å². The van der Waals surface area contributed by atoms with Gasteiger partial charge < -0.3 is 14.7 Å². The third-order valence-corrected chi connectivity index (χ3v) is 6.04. The predicted molar refractivity (Wildman–Crippen MR) is 95.1 cm³/mol. The van der Waals surface area contributed by atoms with Crippen molar-refractivity contribution in [1.82, 2.24) is 4.90 Å². The third-order valence-electron chi connectivity index (χ3n) is 4.86. The Balaban J connectivity index is 2.19. The van der Waals surface area contributed by atoms with Crippen LogP contribution in [0.4, 0.5) is 4.39 Å². The number of nitrogens with zero attached hydrogens (tertiary/aromatic N) is 1. The maximum Gasteiger partial charge on any atom is 0.165 e. The fraction of sp³-hybridized carbons (Fsp3) is 0.474. The average Bonchev–Trinajstić information content (AvgIpc) is 3.02. The van der Waals surface area contributed by atoms with Crippen LogP contribution < -0.4 is 4.74 Å². The standard InChI is InChI=1S/C19H24FNO2S/c1-18(2)10-12-6-8-14(20)17(23-5)16(12)19(18,22)15-9-7-13(24-15)11-21(3)4/h6-9,22H,10-11H2,1-5H3. The molecule has 1 aliphatic rings. The van der Waals surface area contributed by atoms with Gasteiger partial charge in [-0.05, 0) is 44.3 Å². The van der Waals surface area contributed by atoms with E-state index in [-0.39, 0.29) is 5.75 Å². The van der Waals surface area contributed by atoms with Gasteiger partial charge in [0.25, 0.3) is 0 Å². The summed E-state index contributed by atoms with van der Waals surface area (Å²) in [5.41, 5.74) is -0.182. The molecule has 0 fully saturated rings. The smallest absolute Gasteiger partial charge is 0.165 e. The molecule has 2 aromatic rings. The molecule has 3 nitrogen and oxygen atoms in total. The molecular formula is C19H24FNO2S. The highest BCUT2D eigenvalue weighted by Gasteiger charge is 2.55. The molecule has 130 valence electrons. The largest absolute Gasteiger partial charge is 0.493 e. The molecule has 1 heterocycles. The third kappa shape index (κ3) is 2.46. The number of thiophene rings is 1. The van der Waals surface area contributed by atoms with Crippen molar-refractivity contribution in [2.75, 3.05) is 21.2 Å². The summed E-state index contributed by atoms with van der Waals surface area (Å²) in [6, 6.07) is 7.19. The molecule has 1 N–H and O–H groups in total. The van der Waals surface area contributed by atoms with Crippen molar-refractivity contribution >= 4 is 11.3 Å². The van der Waals surface area contributed by atoms with E-state index in [1.807, 2.05) is 40.1 Å². The SMILES string of the molecule is COc1c(F)ccc2c1C(O)(c1ccc(CN(C)C)s1)C(C)(C)C2. The summed E-state index contributed by atoms with van der Waals surface area (Å²) in [5, 5.41) is 11.8. The van der Waals surface area contributed by atoms with Gasteiger partial charge in [0.05, 0.1) is 7.11 Å². The zero-order valence-corrected chi connectivity index (χ0v) is 15.6. The number of fused-ring (bicyclic) bond motifs is 1. The van der Waals surface area contributed by atoms with Crippen LogP contribution in [0.15, 0.2) is 24.3 Å². The number of aliphatic hydroxyl groups is 1. The summed E-state index contributed by atoms with van der Waals surface area (Å²) in [4.78, 5) is 4.10. The predicted octanol–water partition coefficient (Wildman–Crippen LogP) is 3.78. The molecule has 1 unspecified atom stereocenters. The van der Waals surface area contributed by atoms with E-state index in [9.17, 15) is 9.50 Å². The monoisotopic (exact) mass is 349 g/mol. The number of benzene rings is 1. The Morgan fingerprint density at radius 1 is 1.25 bits per heavy atom. The molecule has 24 heavy (non-hydrogen) atoms. The minimum atomic E-state index is -1.26. The van der Waals surface area contributed by atoms with Crippen LogP contribution in [0.25, 0.3) is 0 Å². The van der Waals surface area contributed by atoms with Crippen LogP contribution in [0.5, 0.6) is 5.75 Å². The number of hydrogen-bond donors (Lipinski definition) is 1. The zero-order valence-electron chi connectivity index (χ0n) is 14.8. The summed E-state index contributed by atoms with van der Waals surface area (Å²) in [6.45, 7) is 4.86. The van der Waals surface area contributed by atoms with Gasteiger partial charge in [-0.25, -0.2) is 4.39 Å². The minimum Gasteiger partial charge on any atom is -0.493 e. The molecule has 1 atom stereocenters. The normalized spacial score (nSPS) is 22.0. The summed E-state index contributed by atoms with van der Waals surface area (Å²) in [5.74, 6) is -0.277. The van der Waals surface area contributed by atoms with E-state index in [1.165, 1.54) is 18.1 Å². The molecule has 0 bridgehead atoms. The van der Waals surface area contributed by atoms with Crippen LogP contribution in [0.1, 0.15) is 34.7 Å². The molecule has 1 aromatic carbocycles. The lowest BCUT2D eigenvalue weighted by molar-refractivity contribution is -0.0195. The van der Waals surface area contributed by atoms with Gasteiger partial charge in [-0.3, -0.25) is 0 Å². The lowest BCUT2D eigenvalue weighted by atomic mass is 9.74. The fourth-order valence-corrected chi connectivity index (χ4v) is 5.11. The Morgan fingerprint density at radius 2 is 1.96 bits per heavy atom. The van der Waals surface area contributed by atoms with Crippen LogP contribution in [0.3, 0.4) is 0 Å². The molecular weight excluding hydrogens is 325 g/mol. The van der Waals surface area contributed by atoms with Crippen LogP contribution in [-0.2, 0) is 18.6 Å². The van der Waals surface area contributed by atoms with Crippen molar-refractivity contribution in [3.63, 3.8) is 0 Å². The first kappa shape index (κ1) is 17.4. The van der Waals surface area contributed by atoms with E-state index in [2.05, 4.69) is 4.90 Å². The summed E-state index contributed by atoms with van der Waals surface area (Å²) in [6.07, 6.45) is 0.677. The van der Waals surface area contributed by atoms with Gasteiger partial charge in [-0.2, -0.15) is 0 Å². The maximum atomic E-state index is 14.3. The zero-order chi connectivity index (χ0) is 17.7. The Bertz CT molecular complexity index is 769. The minimum absolute atomic E-state index is 0.156. The molecule has 0 spiro atoms. The number of rotatable bonds is 4. The Morgan fingerprint density at radius 3 is 2.58 bits per heavy atom. The van der Waals surface area contributed by atoms with Gasteiger partial charge in [-0.15, -0.1) is 11.3 Å². The lowest BCUT2D eigenvalue weighted by Gasteiger charge is -2.37. The van der Waals surface area contributed by atoms with E-state index >= 15 is 0 Å². The van der Waals surface area contributed by atoms with Gasteiger partial charge >= 0.3 is 0 Å². The van der Waals surface area contributed by atoms with Crippen molar-refractivity contribution in [1.29, 1.82) is 0 Å². The van der Waals surface area contributed by atoms with Gasteiger partial charge in [0.2, 0.25) is 0 Å². The number of ether oxygens (including phenoxy) is 1. The van der Waals surface area contributed by atoms with Gasteiger partial charge in [-0.1, -0.05) is 19.9 Å². The highest BCUT2D eigenvalue weighted by molar-refractivity contribution is 7.12. The first-order valence-corrected chi connectivity index (χ1v) is 8.84. The van der Waals surface area contributed by atoms with E-state index in [0.29, 0.717) is 12.0 Å². The topological polar surface area (TPSA) is 32.7 Å². The van der Waals surface area contributed by atoms with E-state index in [4.69, 9.17) is 4.74 Å². The number of methoxy groups -OCH3 is 1. The van der Waals surface area contributed by atoms with Crippen molar-refractivity contribution < 1.29 is 14.2 Å². The van der Waals surface area contributed by atoms with Crippen LogP contribution in [0, 0.1) is 11.2 Å². The first-order chi connectivity index (χ1) is 11.2. The first-order valence-electron chi connectivity index (χ1n) is 8.03. The quantitative estimate of drug-likeness (QED) is 0.912. The van der Waals surface area contributed by atoms with Crippen molar-refractivity contribution in [2.45, 2.75) is 32.4 Å². The van der Waals surface area contributed by atoms with E-state index < -0.39 is 16.8 Å². The molecule has 5 heteroatoms. The summed E-state index contributed by atoms with van der Waals surface area (Å²) in [7, 11) is 5.49. The van der Waals surface area contributed by atoms with Crippen molar-refractivity contribution in [3.05, 3.63) is 51.0 Å². The molecule has 0 aliphatic heterocycles. The van der Waals surface area contributed by atoms with Crippen LogP contribution in [-0.4, -0.2) is 31.2 Å². The molecule has 3 rings (SSSR count). The Kier molecular flexibility index (Phi) is 4.22. The van der Waals surface area contributed by atoms with Crippen molar-refractivity contribution in [3.8, 4) is 5.75 Å². The highest BCUT2D eigenvalue weighted by Crippen LogP contribution is 2.58. The van der Waals surface area contributed by atoms with E-state index in [1.54, 1.807) is 17.4 Å². The van der Waals surface area contributed by atoms with Crippen molar-refractivity contribution in [2.24, 2.45) is 5.41 Å².